The lowest BCUT2D eigenvalue weighted by Gasteiger charge is -2.27. The molecule has 0 aromatic heterocycles. The lowest BCUT2D eigenvalue weighted by atomic mass is 9.92. The number of Topliss-reactive ketones (excluding diaryl/α,β-unsaturated/α-hetero) is 2. The van der Waals surface area contributed by atoms with Crippen LogP contribution in [0.5, 0.6) is 0 Å². The number of hydrogen-bond acceptors (Lipinski definition) is 5. The van der Waals surface area contributed by atoms with Crippen LogP contribution in [0, 0.1) is 0 Å². The number of rotatable bonds is 5. The van der Waals surface area contributed by atoms with E-state index in [0.29, 0.717) is 13.1 Å². The van der Waals surface area contributed by atoms with Gasteiger partial charge in [-0.05, 0) is 18.4 Å². The number of ketones is 2. The number of allylic oxidation sites excluding steroid dienone is 2. The number of hydrogen-bond donors (Lipinski definition) is 1. The molecule has 0 amide bonds. The van der Waals surface area contributed by atoms with Gasteiger partial charge in [-0.15, -0.1) is 0 Å². The van der Waals surface area contributed by atoms with Crippen LogP contribution in [-0.4, -0.2) is 38.0 Å². The summed E-state index contributed by atoms with van der Waals surface area (Å²) in [6.45, 7) is 1.17. The van der Waals surface area contributed by atoms with E-state index in [1.807, 2.05) is 18.2 Å². The van der Waals surface area contributed by atoms with Crippen LogP contribution in [-0.2, 0) is 16.6 Å². The summed E-state index contributed by atoms with van der Waals surface area (Å²) in [5.41, 5.74) is 1.16. The molecule has 1 fully saturated rings. The van der Waals surface area contributed by atoms with Crippen LogP contribution < -0.4 is 4.72 Å². The molecular formula is C21H20N2O4S. The topological polar surface area (TPSA) is 83.6 Å². The third kappa shape index (κ3) is 3.27. The molecular weight excluding hydrogens is 376 g/mol. The number of benzene rings is 2. The van der Waals surface area contributed by atoms with Crippen LogP contribution in [0.15, 0.2) is 65.2 Å². The van der Waals surface area contributed by atoms with Crippen molar-refractivity contribution >= 4 is 21.6 Å². The first-order valence-electron chi connectivity index (χ1n) is 9.20. The van der Waals surface area contributed by atoms with Crippen molar-refractivity contribution in [2.45, 2.75) is 19.4 Å². The average Bonchev–Trinajstić information content (AvgIpc) is 3.24. The Bertz CT molecular complexity index is 1070. The molecule has 1 aliphatic carbocycles. The van der Waals surface area contributed by atoms with Gasteiger partial charge in [0.2, 0.25) is 21.6 Å². The van der Waals surface area contributed by atoms with E-state index in [9.17, 15) is 18.0 Å². The summed E-state index contributed by atoms with van der Waals surface area (Å²) in [6, 6.07) is 15.4. The van der Waals surface area contributed by atoms with E-state index in [1.165, 1.54) is 6.07 Å². The molecule has 1 aliphatic heterocycles. The fourth-order valence-electron chi connectivity index (χ4n) is 3.66. The van der Waals surface area contributed by atoms with Gasteiger partial charge in [0.25, 0.3) is 0 Å². The minimum atomic E-state index is -4.18. The number of fused-ring (bicyclic) bond motifs is 1. The van der Waals surface area contributed by atoms with Crippen molar-refractivity contribution in [3.8, 4) is 0 Å². The standard InChI is InChI=1S/C21H20N2O4S/c24-19-16-10-4-5-11-17(16)20(25)21(18(19)23-12-6-7-13-23)28(26,27)22-14-15-8-2-1-3-9-15/h1-5,8-11,22H,6-7,12-14H2. The number of carbonyl (C=O) groups excluding carboxylic acids is 2. The van der Waals surface area contributed by atoms with Crippen LogP contribution >= 0.6 is 0 Å². The Balaban J connectivity index is 1.78. The van der Waals surface area contributed by atoms with Crippen molar-refractivity contribution < 1.29 is 18.0 Å². The second-order valence-electron chi connectivity index (χ2n) is 6.89. The molecule has 7 heteroatoms. The zero-order chi connectivity index (χ0) is 19.7. The third-order valence-electron chi connectivity index (χ3n) is 5.05. The fourth-order valence-corrected chi connectivity index (χ4v) is 4.99. The zero-order valence-electron chi connectivity index (χ0n) is 15.2. The zero-order valence-corrected chi connectivity index (χ0v) is 16.0. The lowest BCUT2D eigenvalue weighted by Crippen LogP contribution is -2.38. The molecule has 2 aromatic carbocycles. The van der Waals surface area contributed by atoms with Crippen molar-refractivity contribution in [2.75, 3.05) is 13.1 Å². The van der Waals surface area contributed by atoms with Gasteiger partial charge in [0.1, 0.15) is 5.70 Å². The molecule has 28 heavy (non-hydrogen) atoms. The van der Waals surface area contributed by atoms with Gasteiger partial charge in [-0.3, -0.25) is 9.59 Å². The second kappa shape index (κ2) is 7.33. The molecule has 1 heterocycles. The number of carbonyl (C=O) groups is 2. The summed E-state index contributed by atoms with van der Waals surface area (Å²) < 4.78 is 28.7. The number of sulfonamides is 1. The Kier molecular flexibility index (Phi) is 4.87. The molecule has 6 nitrogen and oxygen atoms in total. The Hall–Kier alpha value is -2.77. The summed E-state index contributed by atoms with van der Waals surface area (Å²) >= 11 is 0. The number of nitrogens with one attached hydrogen (secondary N) is 1. The molecule has 2 aromatic rings. The van der Waals surface area contributed by atoms with Gasteiger partial charge >= 0.3 is 0 Å². The minimum Gasteiger partial charge on any atom is -0.367 e. The highest BCUT2D eigenvalue weighted by Crippen LogP contribution is 2.32. The van der Waals surface area contributed by atoms with Gasteiger partial charge in [0.05, 0.1) is 0 Å². The van der Waals surface area contributed by atoms with Gasteiger partial charge in [0.15, 0.2) is 4.91 Å². The Labute approximate surface area is 163 Å². The van der Waals surface area contributed by atoms with E-state index in [4.69, 9.17) is 0 Å². The highest BCUT2D eigenvalue weighted by atomic mass is 32.2. The van der Waals surface area contributed by atoms with Crippen molar-refractivity contribution in [1.29, 1.82) is 0 Å². The molecule has 0 unspecified atom stereocenters. The van der Waals surface area contributed by atoms with Crippen LogP contribution in [0.2, 0.25) is 0 Å². The first-order valence-corrected chi connectivity index (χ1v) is 10.7. The molecule has 0 atom stereocenters. The van der Waals surface area contributed by atoms with Gasteiger partial charge in [-0.2, -0.15) is 0 Å². The normalized spacial score (nSPS) is 17.2. The van der Waals surface area contributed by atoms with Crippen molar-refractivity contribution in [3.05, 3.63) is 81.9 Å². The van der Waals surface area contributed by atoms with E-state index in [1.54, 1.807) is 35.2 Å². The first-order chi connectivity index (χ1) is 13.5. The molecule has 0 spiro atoms. The molecule has 0 radical (unpaired) electrons. The van der Waals surface area contributed by atoms with E-state index < -0.39 is 26.5 Å². The van der Waals surface area contributed by atoms with Crippen LogP contribution in [0.25, 0.3) is 0 Å². The molecule has 0 saturated carbocycles. The van der Waals surface area contributed by atoms with Crippen molar-refractivity contribution in [1.82, 2.24) is 9.62 Å². The SMILES string of the molecule is O=C1C(N2CCCC2)=C(S(=O)(=O)NCc2ccccc2)C(=O)c2ccccc21. The maximum atomic E-state index is 13.1. The van der Waals surface area contributed by atoms with E-state index in [-0.39, 0.29) is 23.4 Å². The summed E-state index contributed by atoms with van der Waals surface area (Å²) in [7, 11) is -4.18. The van der Waals surface area contributed by atoms with Gasteiger partial charge in [-0.25, -0.2) is 13.1 Å². The maximum absolute atomic E-state index is 13.1. The summed E-state index contributed by atoms with van der Waals surface area (Å²) in [6.07, 6.45) is 1.72. The third-order valence-corrected chi connectivity index (χ3v) is 6.49. The summed E-state index contributed by atoms with van der Waals surface area (Å²) in [5, 5.41) is 0. The van der Waals surface area contributed by atoms with Gasteiger partial charge in [0, 0.05) is 30.8 Å². The highest BCUT2D eigenvalue weighted by Gasteiger charge is 2.41. The summed E-state index contributed by atoms with van der Waals surface area (Å²) in [4.78, 5) is 27.6. The quantitative estimate of drug-likeness (QED) is 0.840. The van der Waals surface area contributed by atoms with E-state index >= 15 is 0 Å². The minimum absolute atomic E-state index is 0.00163. The van der Waals surface area contributed by atoms with E-state index in [0.717, 1.165) is 18.4 Å². The number of likely N-dealkylation sites (tertiary alicyclic amines) is 1. The van der Waals surface area contributed by atoms with Crippen LogP contribution in [0.3, 0.4) is 0 Å². The van der Waals surface area contributed by atoms with Gasteiger partial charge in [-0.1, -0.05) is 54.6 Å². The Morgan fingerprint density at radius 2 is 1.39 bits per heavy atom. The average molecular weight is 396 g/mol. The molecule has 1 N–H and O–H groups in total. The molecule has 4 rings (SSSR count). The fraction of sp³-hybridized carbons (Fsp3) is 0.238. The molecule has 0 bridgehead atoms. The van der Waals surface area contributed by atoms with E-state index in [2.05, 4.69) is 4.72 Å². The molecule has 144 valence electrons. The Morgan fingerprint density at radius 3 is 2.04 bits per heavy atom. The maximum Gasteiger partial charge on any atom is 0.247 e. The van der Waals surface area contributed by atoms with Crippen LogP contribution in [0.1, 0.15) is 39.1 Å². The smallest absolute Gasteiger partial charge is 0.247 e. The largest absolute Gasteiger partial charge is 0.367 e. The van der Waals surface area contributed by atoms with Crippen LogP contribution in [0.4, 0.5) is 0 Å². The summed E-state index contributed by atoms with van der Waals surface area (Å²) in [5.74, 6) is -1.03. The highest BCUT2D eigenvalue weighted by molar-refractivity contribution is 7.94. The molecule has 2 aliphatic rings. The monoisotopic (exact) mass is 396 g/mol. The van der Waals surface area contributed by atoms with Crippen molar-refractivity contribution in [3.63, 3.8) is 0 Å². The lowest BCUT2D eigenvalue weighted by molar-refractivity contribution is 0.0952. The second-order valence-corrected chi connectivity index (χ2v) is 8.59. The van der Waals surface area contributed by atoms with Crippen molar-refractivity contribution in [2.24, 2.45) is 0 Å². The predicted molar refractivity (Wildman–Crippen MR) is 105 cm³/mol. The molecule has 1 saturated heterocycles. The number of nitrogens with zero attached hydrogens (tertiary/aromatic N) is 1. The Morgan fingerprint density at radius 1 is 0.821 bits per heavy atom. The predicted octanol–water partition coefficient (Wildman–Crippen LogP) is 2.49. The van der Waals surface area contributed by atoms with Gasteiger partial charge < -0.3 is 4.90 Å². The first kappa shape index (κ1) is 18.6.